The van der Waals surface area contributed by atoms with Crippen LogP contribution in [0.1, 0.15) is 37.8 Å². The highest BCUT2D eigenvalue weighted by atomic mass is 16.2. The van der Waals surface area contributed by atoms with Crippen LogP contribution in [0.3, 0.4) is 0 Å². The van der Waals surface area contributed by atoms with Gasteiger partial charge < -0.3 is 21.3 Å². The van der Waals surface area contributed by atoms with Crippen molar-refractivity contribution in [3.05, 3.63) is 77.9 Å². The number of carbonyl (C=O) groups excluding carboxylic acids is 2. The first-order chi connectivity index (χ1) is 17.4. The molecule has 188 valence electrons. The zero-order valence-corrected chi connectivity index (χ0v) is 21.0. The summed E-state index contributed by atoms with van der Waals surface area (Å²) in [7, 11) is 0. The Morgan fingerprint density at radius 1 is 0.833 bits per heavy atom. The number of aromatic nitrogens is 2. The van der Waals surface area contributed by atoms with Crippen molar-refractivity contribution in [1.29, 1.82) is 0 Å². The van der Waals surface area contributed by atoms with Crippen molar-refractivity contribution in [3.8, 4) is 11.4 Å². The molecule has 0 saturated carbocycles. The predicted octanol–water partition coefficient (Wildman–Crippen LogP) is 4.06. The molecule has 2 amide bonds. The fourth-order valence-corrected chi connectivity index (χ4v) is 3.37. The Morgan fingerprint density at radius 2 is 1.44 bits per heavy atom. The lowest BCUT2D eigenvalue weighted by atomic mass is 10.0. The Labute approximate surface area is 212 Å². The first kappa shape index (κ1) is 26.4. The summed E-state index contributed by atoms with van der Waals surface area (Å²) in [5.74, 6) is 2.12. The van der Waals surface area contributed by atoms with Crippen LogP contribution in [0.5, 0.6) is 0 Å². The van der Waals surface area contributed by atoms with Crippen molar-refractivity contribution < 1.29 is 9.59 Å². The molecule has 0 aliphatic heterocycles. The minimum Gasteiger partial charge on any atom is -0.368 e. The number of amides is 2. The standard InChI is InChI=1S/C28H34N6O2/c1-20(2)23-12-9-22(10-13-23)11-14-27(36)32-18-17-31-26-19-25(30-16-15-29-21(3)35)33-28(34-26)24-7-5-4-6-8-24/h4-14,19-20H,15-18H2,1-3H3,(H,29,35)(H,32,36)(H2,30,31,33,34)/b14-11+. The van der Waals surface area contributed by atoms with Crippen molar-refractivity contribution in [1.82, 2.24) is 20.6 Å². The van der Waals surface area contributed by atoms with Crippen LogP contribution in [0, 0.1) is 0 Å². The van der Waals surface area contributed by atoms with Gasteiger partial charge in [0.25, 0.3) is 0 Å². The third-order valence-electron chi connectivity index (χ3n) is 5.32. The Morgan fingerprint density at radius 3 is 2.03 bits per heavy atom. The quantitative estimate of drug-likeness (QED) is 0.227. The Kier molecular flexibility index (Phi) is 10.00. The molecule has 3 aromatic rings. The maximum absolute atomic E-state index is 12.2. The van der Waals surface area contributed by atoms with Crippen LogP contribution >= 0.6 is 0 Å². The third-order valence-corrected chi connectivity index (χ3v) is 5.32. The van der Waals surface area contributed by atoms with E-state index in [1.54, 1.807) is 6.08 Å². The first-order valence-corrected chi connectivity index (χ1v) is 12.1. The number of hydrogen-bond donors (Lipinski definition) is 4. The molecule has 0 bridgehead atoms. The van der Waals surface area contributed by atoms with Crippen molar-refractivity contribution in [2.24, 2.45) is 0 Å². The van der Waals surface area contributed by atoms with Crippen LogP contribution in [0.2, 0.25) is 0 Å². The van der Waals surface area contributed by atoms with Gasteiger partial charge in [0.15, 0.2) is 5.82 Å². The first-order valence-electron chi connectivity index (χ1n) is 12.1. The Hall–Kier alpha value is -4.20. The Bertz CT molecular complexity index is 1160. The molecule has 8 nitrogen and oxygen atoms in total. The van der Waals surface area contributed by atoms with Gasteiger partial charge in [-0.05, 0) is 23.1 Å². The highest BCUT2D eigenvalue weighted by Gasteiger charge is 2.07. The van der Waals surface area contributed by atoms with E-state index in [0.717, 1.165) is 11.1 Å². The molecule has 4 N–H and O–H groups in total. The highest BCUT2D eigenvalue weighted by Crippen LogP contribution is 2.20. The molecule has 0 atom stereocenters. The zero-order valence-electron chi connectivity index (χ0n) is 21.0. The van der Waals surface area contributed by atoms with Crippen molar-refractivity contribution in [2.75, 3.05) is 36.8 Å². The van der Waals surface area contributed by atoms with Gasteiger partial charge in [-0.15, -0.1) is 0 Å². The van der Waals surface area contributed by atoms with E-state index in [9.17, 15) is 9.59 Å². The number of carbonyl (C=O) groups is 2. The molecule has 36 heavy (non-hydrogen) atoms. The summed E-state index contributed by atoms with van der Waals surface area (Å²) >= 11 is 0. The van der Waals surface area contributed by atoms with E-state index >= 15 is 0 Å². The van der Waals surface area contributed by atoms with E-state index in [2.05, 4.69) is 57.2 Å². The lowest BCUT2D eigenvalue weighted by Crippen LogP contribution is -2.27. The third kappa shape index (κ3) is 8.87. The predicted molar refractivity (Wildman–Crippen MR) is 146 cm³/mol. The average Bonchev–Trinajstić information content (AvgIpc) is 2.88. The summed E-state index contributed by atoms with van der Waals surface area (Å²) in [5.41, 5.74) is 3.15. The van der Waals surface area contributed by atoms with Gasteiger partial charge in [-0.2, -0.15) is 0 Å². The van der Waals surface area contributed by atoms with E-state index in [4.69, 9.17) is 0 Å². The molecule has 0 spiro atoms. The molecule has 1 aromatic heterocycles. The van der Waals surface area contributed by atoms with Gasteiger partial charge in [-0.3, -0.25) is 9.59 Å². The van der Waals surface area contributed by atoms with E-state index < -0.39 is 0 Å². The molecule has 0 radical (unpaired) electrons. The smallest absolute Gasteiger partial charge is 0.244 e. The minimum absolute atomic E-state index is 0.0762. The largest absolute Gasteiger partial charge is 0.368 e. The van der Waals surface area contributed by atoms with Crippen LogP contribution in [0.4, 0.5) is 11.6 Å². The summed E-state index contributed by atoms with van der Waals surface area (Å²) in [6.45, 7) is 7.75. The lowest BCUT2D eigenvalue weighted by Gasteiger charge is -2.12. The van der Waals surface area contributed by atoms with Gasteiger partial charge in [0.2, 0.25) is 11.8 Å². The van der Waals surface area contributed by atoms with Gasteiger partial charge in [-0.25, -0.2) is 9.97 Å². The highest BCUT2D eigenvalue weighted by molar-refractivity contribution is 5.91. The number of nitrogens with one attached hydrogen (secondary N) is 4. The molecule has 3 rings (SSSR count). The summed E-state index contributed by atoms with van der Waals surface area (Å²) in [6.07, 6.45) is 3.35. The molecule has 0 unspecified atom stereocenters. The number of nitrogens with zero attached hydrogens (tertiary/aromatic N) is 2. The fraction of sp³-hybridized carbons (Fsp3) is 0.286. The topological polar surface area (TPSA) is 108 Å². The average molecular weight is 487 g/mol. The summed E-state index contributed by atoms with van der Waals surface area (Å²) in [4.78, 5) is 32.5. The minimum atomic E-state index is -0.155. The second kappa shape index (κ2) is 13.6. The van der Waals surface area contributed by atoms with Crippen molar-refractivity contribution >= 4 is 29.5 Å². The van der Waals surface area contributed by atoms with Crippen LogP contribution in [0.15, 0.2) is 66.7 Å². The molecular formula is C28H34N6O2. The molecule has 0 saturated heterocycles. The maximum atomic E-state index is 12.2. The number of hydrogen-bond acceptors (Lipinski definition) is 6. The van der Waals surface area contributed by atoms with Gasteiger partial charge >= 0.3 is 0 Å². The normalized spacial score (nSPS) is 10.9. The number of benzene rings is 2. The van der Waals surface area contributed by atoms with Gasteiger partial charge in [0.1, 0.15) is 11.6 Å². The van der Waals surface area contributed by atoms with Crippen molar-refractivity contribution in [3.63, 3.8) is 0 Å². The summed E-state index contributed by atoms with van der Waals surface area (Å²) < 4.78 is 0. The zero-order chi connectivity index (χ0) is 25.8. The summed E-state index contributed by atoms with van der Waals surface area (Å²) in [6, 6.07) is 19.7. The van der Waals surface area contributed by atoms with Crippen LogP contribution < -0.4 is 21.3 Å². The fourth-order valence-electron chi connectivity index (χ4n) is 3.37. The molecule has 0 aliphatic rings. The Balaban J connectivity index is 1.54. The molecular weight excluding hydrogens is 452 g/mol. The second-order valence-corrected chi connectivity index (χ2v) is 8.61. The van der Waals surface area contributed by atoms with Gasteiger partial charge in [0, 0.05) is 50.8 Å². The molecule has 2 aromatic carbocycles. The van der Waals surface area contributed by atoms with E-state index in [1.165, 1.54) is 12.5 Å². The van der Waals surface area contributed by atoms with Gasteiger partial charge in [-0.1, -0.05) is 68.4 Å². The number of rotatable bonds is 12. The summed E-state index contributed by atoms with van der Waals surface area (Å²) in [5, 5.41) is 12.1. The van der Waals surface area contributed by atoms with E-state index in [1.807, 2.05) is 54.6 Å². The monoisotopic (exact) mass is 486 g/mol. The SMILES string of the molecule is CC(=O)NCCNc1cc(NCCNC(=O)/C=C/c2ccc(C(C)C)cc2)nc(-c2ccccc2)n1. The maximum Gasteiger partial charge on any atom is 0.244 e. The van der Waals surface area contributed by atoms with Crippen LogP contribution in [-0.2, 0) is 9.59 Å². The van der Waals surface area contributed by atoms with Crippen molar-refractivity contribution in [2.45, 2.75) is 26.7 Å². The number of anilines is 2. The molecule has 0 fully saturated rings. The van der Waals surface area contributed by atoms with E-state index in [0.29, 0.717) is 49.6 Å². The lowest BCUT2D eigenvalue weighted by molar-refractivity contribution is -0.119. The molecule has 8 heteroatoms. The van der Waals surface area contributed by atoms with Crippen LogP contribution in [0.25, 0.3) is 17.5 Å². The van der Waals surface area contributed by atoms with Gasteiger partial charge in [0.05, 0.1) is 0 Å². The molecule has 1 heterocycles. The van der Waals surface area contributed by atoms with Crippen LogP contribution in [-0.4, -0.2) is 48.0 Å². The van der Waals surface area contributed by atoms with E-state index in [-0.39, 0.29) is 11.8 Å². The molecule has 0 aliphatic carbocycles. The second-order valence-electron chi connectivity index (χ2n) is 8.61.